The van der Waals surface area contributed by atoms with Crippen molar-refractivity contribution in [3.05, 3.63) is 41.5 Å². The van der Waals surface area contributed by atoms with Crippen LogP contribution in [0.1, 0.15) is 115 Å². The maximum atomic E-state index is 15.3. The largest absolute Gasteiger partial charge is 0.458 e. The van der Waals surface area contributed by atoms with Crippen LogP contribution in [0.2, 0.25) is 0 Å². The van der Waals surface area contributed by atoms with Crippen molar-refractivity contribution in [2.24, 2.45) is 11.3 Å². The van der Waals surface area contributed by atoms with Crippen LogP contribution in [0.25, 0.3) is 6.08 Å². The Hall–Kier alpha value is -2.87. The molecular formula is C42H59N3O9. The summed E-state index contributed by atoms with van der Waals surface area (Å²) in [4.78, 5) is 51.7. The van der Waals surface area contributed by atoms with E-state index in [0.29, 0.717) is 50.4 Å². The maximum Gasteiger partial charge on any atom is 0.327 e. The third-order valence-corrected chi connectivity index (χ3v) is 13.2. The molecule has 5 aliphatic heterocycles. The number of carbonyl (C=O) groups is 3. The van der Waals surface area contributed by atoms with Crippen molar-refractivity contribution >= 4 is 23.9 Å². The maximum absolute atomic E-state index is 15.3. The molecule has 10 atom stereocenters. The number of aliphatic hydroxyl groups is 1. The summed E-state index contributed by atoms with van der Waals surface area (Å²) in [5, 5.41) is 13.9. The Kier molecular flexibility index (Phi) is 11.2. The lowest BCUT2D eigenvalue weighted by atomic mass is 9.62. The fourth-order valence-electron chi connectivity index (χ4n) is 10.4. The minimum absolute atomic E-state index is 0.107. The van der Waals surface area contributed by atoms with Gasteiger partial charge in [-0.3, -0.25) is 19.2 Å². The van der Waals surface area contributed by atoms with Crippen molar-refractivity contribution < 1.29 is 43.3 Å². The SMILES string of the molecule is CCCCCC1(CCCCC)O[C@@H]2[C@H](O1)[C@H]1ON(Cc3ccccc3C=CC3CCC4OC4C3)[C@@H]3C(=O)O[C@@H]2C[C@]13C(=O)N1CCC[C@@H]1C(=O)NCCO. The number of hydroxylamine groups is 2. The zero-order valence-electron chi connectivity index (χ0n) is 32.0. The van der Waals surface area contributed by atoms with Gasteiger partial charge in [0.05, 0.1) is 25.4 Å². The van der Waals surface area contributed by atoms with E-state index in [2.05, 4.69) is 37.4 Å². The molecule has 3 unspecified atom stereocenters. The lowest BCUT2D eigenvalue weighted by Crippen LogP contribution is -2.70. The van der Waals surface area contributed by atoms with Gasteiger partial charge in [0, 0.05) is 32.4 Å². The van der Waals surface area contributed by atoms with Gasteiger partial charge in [-0.15, -0.1) is 0 Å². The summed E-state index contributed by atoms with van der Waals surface area (Å²) in [5.41, 5.74) is 0.653. The normalized spacial score (nSPS) is 36.2. The first kappa shape index (κ1) is 38.0. The number of allylic oxidation sites excluding steroid dienone is 1. The number of nitrogens with one attached hydrogen (secondary N) is 1. The third-order valence-electron chi connectivity index (χ3n) is 13.2. The molecular weight excluding hydrogens is 690 g/mol. The summed E-state index contributed by atoms with van der Waals surface area (Å²) in [6.45, 7) is 4.91. The molecule has 8 rings (SSSR count). The number of benzene rings is 1. The van der Waals surface area contributed by atoms with E-state index in [-0.39, 0.29) is 37.9 Å². The zero-order chi connectivity index (χ0) is 37.5. The molecule has 1 aromatic rings. The number of hydrogen-bond acceptors (Lipinski definition) is 10. The van der Waals surface area contributed by atoms with E-state index in [1.54, 1.807) is 9.96 Å². The Morgan fingerprint density at radius 3 is 2.52 bits per heavy atom. The minimum Gasteiger partial charge on any atom is -0.458 e. The summed E-state index contributed by atoms with van der Waals surface area (Å²) in [7, 11) is 0. The molecule has 296 valence electrons. The first-order chi connectivity index (χ1) is 26.3. The highest BCUT2D eigenvalue weighted by Gasteiger charge is 2.77. The number of carbonyl (C=O) groups excluding carboxylic acids is 3. The smallest absolute Gasteiger partial charge is 0.327 e. The highest BCUT2D eigenvalue weighted by atomic mass is 16.8. The number of fused-ring (bicyclic) bond motifs is 5. The molecule has 5 heterocycles. The van der Waals surface area contributed by atoms with E-state index in [0.717, 1.165) is 68.9 Å². The minimum atomic E-state index is -1.35. The van der Waals surface area contributed by atoms with Crippen molar-refractivity contribution in [2.75, 3.05) is 19.7 Å². The van der Waals surface area contributed by atoms with Crippen LogP contribution in [0, 0.1) is 11.3 Å². The number of esters is 1. The van der Waals surface area contributed by atoms with Crippen molar-refractivity contribution in [1.82, 2.24) is 15.3 Å². The van der Waals surface area contributed by atoms with Gasteiger partial charge >= 0.3 is 5.97 Å². The first-order valence-electron chi connectivity index (χ1n) is 20.9. The predicted molar refractivity (Wildman–Crippen MR) is 198 cm³/mol. The summed E-state index contributed by atoms with van der Waals surface area (Å²) < 4.78 is 26.1. The van der Waals surface area contributed by atoms with Crippen molar-refractivity contribution in [1.29, 1.82) is 0 Å². The Bertz CT molecular complexity index is 1560. The average molecular weight is 750 g/mol. The van der Waals surface area contributed by atoms with Gasteiger partial charge in [0.25, 0.3) is 0 Å². The molecule has 0 aromatic heterocycles. The van der Waals surface area contributed by atoms with E-state index in [1.807, 2.05) is 18.2 Å². The molecule has 2 amide bonds. The Morgan fingerprint density at radius 2 is 1.76 bits per heavy atom. The lowest BCUT2D eigenvalue weighted by molar-refractivity contribution is -0.225. The molecule has 54 heavy (non-hydrogen) atoms. The molecule has 12 nitrogen and oxygen atoms in total. The lowest BCUT2D eigenvalue weighted by Gasteiger charge is -2.50. The number of likely N-dealkylation sites (tertiary alicyclic amines) is 1. The van der Waals surface area contributed by atoms with E-state index in [9.17, 15) is 14.7 Å². The van der Waals surface area contributed by atoms with Crippen LogP contribution in [-0.2, 0) is 44.7 Å². The molecule has 2 bridgehead atoms. The molecule has 1 aromatic carbocycles. The van der Waals surface area contributed by atoms with E-state index >= 15 is 4.79 Å². The second-order valence-corrected chi connectivity index (χ2v) is 16.7. The zero-order valence-corrected chi connectivity index (χ0v) is 32.0. The standard InChI is InChI=1S/C42H59N3O9/c1-3-5-9-19-41(20-10-6-4-2)52-34-33-25-42(40(49)44-22-11-14-30(44)38(47)43-21-23-46)36(39(48)51-33)45(54-37(42)35(34)53-41)26-29-13-8-7-12-28(29)17-15-27-16-18-31-32(24-27)50-31/h7-8,12-13,15,17,27,30-37,46H,3-6,9-11,14,16,18-26H2,1-2H3,(H,43,47)/t27?,30-,31?,32?,33-,34+,35+,36-,37-,42-/m1/s1. The number of rotatable bonds is 16. The monoisotopic (exact) mass is 749 g/mol. The summed E-state index contributed by atoms with van der Waals surface area (Å²) >= 11 is 0. The quantitative estimate of drug-likeness (QED) is 0.138. The molecule has 7 aliphatic rings. The number of epoxide rings is 1. The summed E-state index contributed by atoms with van der Waals surface area (Å²) in [6, 6.07) is 6.38. The Morgan fingerprint density at radius 1 is 0.981 bits per heavy atom. The van der Waals surface area contributed by atoms with Gasteiger partial charge in [-0.05, 0) is 62.0 Å². The number of unbranched alkanes of at least 4 members (excludes halogenated alkanes) is 4. The van der Waals surface area contributed by atoms with Gasteiger partial charge in [0.1, 0.15) is 35.9 Å². The van der Waals surface area contributed by atoms with Gasteiger partial charge in [-0.2, -0.15) is 5.06 Å². The molecule has 2 aliphatic carbocycles. The topological polar surface area (TPSA) is 139 Å². The third kappa shape index (κ3) is 7.04. The predicted octanol–water partition coefficient (Wildman–Crippen LogP) is 4.81. The second-order valence-electron chi connectivity index (χ2n) is 16.7. The Labute approximate surface area is 319 Å². The average Bonchev–Trinajstić information content (AvgIpc) is 3.44. The number of aliphatic hydroxyl groups excluding tert-OH is 1. The van der Waals surface area contributed by atoms with Crippen LogP contribution >= 0.6 is 0 Å². The van der Waals surface area contributed by atoms with Crippen LogP contribution in [0.4, 0.5) is 0 Å². The molecule has 0 spiro atoms. The van der Waals surface area contributed by atoms with Crippen molar-refractivity contribution in [3.8, 4) is 0 Å². The van der Waals surface area contributed by atoms with Gasteiger partial charge < -0.3 is 34.3 Å². The van der Waals surface area contributed by atoms with Gasteiger partial charge in [0.2, 0.25) is 11.8 Å². The highest BCUT2D eigenvalue weighted by Crippen LogP contribution is 2.59. The molecule has 12 heteroatoms. The summed E-state index contributed by atoms with van der Waals surface area (Å²) in [6.07, 6.45) is 14.7. The van der Waals surface area contributed by atoms with Crippen LogP contribution in [0.5, 0.6) is 0 Å². The second kappa shape index (κ2) is 15.9. The molecule has 0 radical (unpaired) electrons. The van der Waals surface area contributed by atoms with Crippen LogP contribution in [-0.4, -0.2) is 107 Å². The summed E-state index contributed by atoms with van der Waals surface area (Å²) in [5.74, 6) is -1.48. The van der Waals surface area contributed by atoms with Gasteiger partial charge in [0.15, 0.2) is 11.8 Å². The Balaban J connectivity index is 1.13. The van der Waals surface area contributed by atoms with E-state index in [4.69, 9.17) is 23.8 Å². The van der Waals surface area contributed by atoms with E-state index < -0.39 is 53.7 Å². The van der Waals surface area contributed by atoms with Crippen LogP contribution in [0.3, 0.4) is 0 Å². The molecule has 2 N–H and O–H groups in total. The highest BCUT2D eigenvalue weighted by molar-refractivity contribution is 5.96. The van der Waals surface area contributed by atoms with Crippen molar-refractivity contribution in [3.63, 3.8) is 0 Å². The number of amides is 2. The van der Waals surface area contributed by atoms with E-state index in [1.165, 1.54) is 0 Å². The van der Waals surface area contributed by atoms with Crippen molar-refractivity contribution in [2.45, 2.75) is 165 Å². The van der Waals surface area contributed by atoms with Crippen LogP contribution in [0.15, 0.2) is 30.3 Å². The van der Waals surface area contributed by atoms with Gasteiger partial charge in [-0.1, -0.05) is 75.9 Å². The molecule has 2 saturated carbocycles. The number of nitrogens with zero attached hydrogens (tertiary/aromatic N) is 2. The molecule has 7 fully saturated rings. The fourth-order valence-corrected chi connectivity index (χ4v) is 10.4. The van der Waals surface area contributed by atoms with Gasteiger partial charge in [-0.25, -0.2) is 0 Å². The number of ether oxygens (including phenoxy) is 4. The number of hydrogen-bond donors (Lipinski definition) is 2. The fraction of sp³-hybridized carbons (Fsp3) is 0.738. The first-order valence-corrected chi connectivity index (χ1v) is 20.9. The molecule has 5 saturated heterocycles. The van der Waals surface area contributed by atoms with Crippen LogP contribution < -0.4 is 5.32 Å².